The highest BCUT2D eigenvalue weighted by atomic mass is 32.2. The molecule has 5 unspecified atom stereocenters. The number of rotatable bonds is 16. The molecule has 14 heteroatoms. The summed E-state index contributed by atoms with van der Waals surface area (Å²) in [6, 6.07) is 0. The van der Waals surface area contributed by atoms with Crippen LogP contribution in [0.3, 0.4) is 0 Å². The standard InChI is InChI=1S/C15H36N2O8P2S2/c1-5-8-15(4,25-27(17,20)21)13-29(23)12-7-11-28(22)10-6-9-14(2,3)24-26(16,18)19/h5-13H2,1-4H3,(H3,16,18,19)(H3,17,20,21). The molecule has 0 saturated carbocycles. The second-order valence-corrected chi connectivity index (χ2v) is 13.8. The Balaban J connectivity index is 4.30. The third-order valence-corrected chi connectivity index (χ3v) is 8.49. The Morgan fingerprint density at radius 3 is 1.83 bits per heavy atom. The molecule has 0 aromatic heterocycles. The van der Waals surface area contributed by atoms with Crippen LogP contribution < -0.4 is 11.0 Å². The zero-order valence-corrected chi connectivity index (χ0v) is 21.0. The Morgan fingerprint density at radius 1 is 0.862 bits per heavy atom. The Kier molecular flexibility index (Phi) is 12.8. The van der Waals surface area contributed by atoms with E-state index in [9.17, 15) is 22.4 Å². The highest BCUT2D eigenvalue weighted by Gasteiger charge is 2.33. The van der Waals surface area contributed by atoms with Crippen molar-refractivity contribution in [2.45, 2.75) is 71.0 Å². The Morgan fingerprint density at radius 2 is 1.34 bits per heavy atom. The van der Waals surface area contributed by atoms with Gasteiger partial charge in [-0.15, -0.1) is 0 Å². The van der Waals surface area contributed by atoms with Gasteiger partial charge in [0, 0.05) is 38.9 Å². The summed E-state index contributed by atoms with van der Waals surface area (Å²) in [4.78, 5) is 18.4. The van der Waals surface area contributed by atoms with Gasteiger partial charge in [-0.2, -0.15) is 0 Å². The van der Waals surface area contributed by atoms with E-state index in [-0.39, 0.29) is 5.75 Å². The molecule has 0 aliphatic rings. The second-order valence-electron chi connectivity index (χ2n) is 7.86. The lowest BCUT2D eigenvalue weighted by atomic mass is 10.0. The van der Waals surface area contributed by atoms with Crippen molar-refractivity contribution in [1.82, 2.24) is 0 Å². The fraction of sp³-hybridized carbons (Fsp3) is 1.00. The lowest BCUT2D eigenvalue weighted by Crippen LogP contribution is -2.35. The van der Waals surface area contributed by atoms with Gasteiger partial charge in [-0.05, 0) is 46.5 Å². The molecule has 0 aromatic carbocycles. The maximum atomic E-state index is 12.3. The highest BCUT2D eigenvalue weighted by Crippen LogP contribution is 2.40. The maximum Gasteiger partial charge on any atom is 0.400 e. The highest BCUT2D eigenvalue weighted by molar-refractivity contribution is 7.85. The van der Waals surface area contributed by atoms with E-state index in [1.807, 2.05) is 6.92 Å². The first kappa shape index (κ1) is 29.5. The summed E-state index contributed by atoms with van der Waals surface area (Å²) in [5.41, 5.74) is 8.12. The van der Waals surface area contributed by atoms with Crippen LogP contribution in [0, 0.1) is 0 Å². The van der Waals surface area contributed by atoms with Crippen LogP contribution in [0.1, 0.15) is 59.8 Å². The predicted octanol–water partition coefficient (Wildman–Crippen LogP) is 2.14. The third kappa shape index (κ3) is 16.8. The number of hydrogen-bond acceptors (Lipinski definition) is 6. The van der Waals surface area contributed by atoms with Crippen molar-refractivity contribution in [2.75, 3.05) is 23.0 Å². The van der Waals surface area contributed by atoms with Gasteiger partial charge in [0.05, 0.1) is 17.0 Å². The minimum absolute atomic E-state index is 0.0705. The molecular weight excluding hydrogens is 462 g/mol. The summed E-state index contributed by atoms with van der Waals surface area (Å²) in [5, 5.41) is 0. The van der Waals surface area contributed by atoms with E-state index in [4.69, 9.17) is 24.9 Å². The average Bonchev–Trinajstić information content (AvgIpc) is 2.41. The van der Waals surface area contributed by atoms with Crippen LogP contribution >= 0.6 is 15.5 Å². The molecule has 6 N–H and O–H groups in total. The lowest BCUT2D eigenvalue weighted by Gasteiger charge is -2.29. The molecule has 0 fully saturated rings. The summed E-state index contributed by atoms with van der Waals surface area (Å²) >= 11 is 0. The first-order valence-electron chi connectivity index (χ1n) is 9.31. The minimum Gasteiger partial charge on any atom is -0.313 e. The van der Waals surface area contributed by atoms with Crippen molar-refractivity contribution in [1.29, 1.82) is 0 Å². The predicted molar refractivity (Wildman–Crippen MR) is 117 cm³/mol. The zero-order valence-electron chi connectivity index (χ0n) is 17.6. The maximum absolute atomic E-state index is 12.3. The van der Waals surface area contributed by atoms with Crippen LogP contribution in [0.25, 0.3) is 0 Å². The summed E-state index contributed by atoms with van der Waals surface area (Å²) in [5.74, 6) is 1.12. The van der Waals surface area contributed by atoms with E-state index in [1.165, 1.54) is 0 Å². The first-order chi connectivity index (χ1) is 13.0. The van der Waals surface area contributed by atoms with Crippen LogP contribution in [-0.4, -0.2) is 52.4 Å². The van der Waals surface area contributed by atoms with E-state index < -0.39 is 48.3 Å². The fourth-order valence-corrected chi connectivity index (χ4v) is 7.43. The van der Waals surface area contributed by atoms with Gasteiger partial charge < -0.3 is 9.79 Å². The van der Waals surface area contributed by atoms with E-state index in [2.05, 4.69) is 0 Å². The molecule has 0 amide bonds. The van der Waals surface area contributed by atoms with Gasteiger partial charge in [0.2, 0.25) is 0 Å². The van der Waals surface area contributed by atoms with Crippen molar-refractivity contribution in [3.8, 4) is 0 Å². The molecule has 0 aliphatic heterocycles. The lowest BCUT2D eigenvalue weighted by molar-refractivity contribution is 0.0828. The largest absolute Gasteiger partial charge is 0.400 e. The molecule has 0 heterocycles. The van der Waals surface area contributed by atoms with Gasteiger partial charge in [0.15, 0.2) is 0 Å². The molecule has 29 heavy (non-hydrogen) atoms. The quantitative estimate of drug-likeness (QED) is 0.230. The molecule has 176 valence electrons. The Hall–Kier alpha value is 0.520. The van der Waals surface area contributed by atoms with Crippen molar-refractivity contribution in [3.05, 3.63) is 0 Å². The van der Waals surface area contributed by atoms with Crippen LogP contribution in [0.15, 0.2) is 0 Å². The Bertz CT molecular complexity index is 652. The van der Waals surface area contributed by atoms with E-state index in [0.717, 1.165) is 0 Å². The fourth-order valence-electron chi connectivity index (χ4n) is 2.94. The number of nitrogens with two attached hydrogens (primary N) is 2. The average molecular weight is 499 g/mol. The van der Waals surface area contributed by atoms with Crippen molar-refractivity contribution in [2.24, 2.45) is 11.0 Å². The van der Waals surface area contributed by atoms with Gasteiger partial charge in [-0.3, -0.25) is 17.5 Å². The summed E-state index contributed by atoms with van der Waals surface area (Å²) in [6.07, 6.45) is 2.52. The number of hydrogen-bond donors (Lipinski definition) is 4. The normalized spacial score (nSPS) is 21.0. The van der Waals surface area contributed by atoms with Crippen LogP contribution in [-0.2, 0) is 39.8 Å². The molecule has 10 nitrogen and oxygen atoms in total. The van der Waals surface area contributed by atoms with E-state index in [0.29, 0.717) is 49.4 Å². The molecule has 0 spiro atoms. The van der Waals surface area contributed by atoms with Gasteiger partial charge in [-0.25, -0.2) is 20.1 Å². The van der Waals surface area contributed by atoms with Crippen LogP contribution in [0.4, 0.5) is 0 Å². The molecule has 0 saturated heterocycles. The second kappa shape index (κ2) is 12.5. The van der Waals surface area contributed by atoms with Crippen molar-refractivity contribution in [3.63, 3.8) is 0 Å². The minimum atomic E-state index is -4.19. The van der Waals surface area contributed by atoms with Crippen molar-refractivity contribution >= 4 is 37.1 Å². The first-order valence-corrected chi connectivity index (χ1v) is 15.6. The smallest absolute Gasteiger partial charge is 0.313 e. The topological polar surface area (TPSA) is 179 Å². The molecular formula is C15H36N2O8P2S2. The molecule has 0 aliphatic carbocycles. The molecule has 0 bridgehead atoms. The molecule has 5 atom stereocenters. The van der Waals surface area contributed by atoms with E-state index >= 15 is 0 Å². The zero-order chi connectivity index (χ0) is 22.9. The van der Waals surface area contributed by atoms with E-state index in [1.54, 1.807) is 20.8 Å². The van der Waals surface area contributed by atoms with Gasteiger partial charge >= 0.3 is 15.5 Å². The van der Waals surface area contributed by atoms with Gasteiger partial charge in [0.25, 0.3) is 0 Å². The Labute approximate surface area is 178 Å². The van der Waals surface area contributed by atoms with Gasteiger partial charge in [-0.1, -0.05) is 13.3 Å². The molecule has 0 radical (unpaired) electrons. The third-order valence-electron chi connectivity index (χ3n) is 3.87. The SMILES string of the molecule is CCCC(C)(CS(=O)CCCS(=O)CCCC(C)(C)OP(N)(=O)O)OP(N)(=O)O. The molecule has 0 aromatic rings. The summed E-state index contributed by atoms with van der Waals surface area (Å²) < 4.78 is 56.9. The summed E-state index contributed by atoms with van der Waals surface area (Å²) in [7, 11) is -10.7. The summed E-state index contributed by atoms with van der Waals surface area (Å²) in [6.45, 7) is 6.76. The molecule has 0 rings (SSSR count). The monoisotopic (exact) mass is 498 g/mol. The van der Waals surface area contributed by atoms with Gasteiger partial charge in [0.1, 0.15) is 0 Å². The van der Waals surface area contributed by atoms with Crippen LogP contribution in [0.5, 0.6) is 0 Å². The van der Waals surface area contributed by atoms with Crippen molar-refractivity contribution < 1.29 is 36.4 Å². The van der Waals surface area contributed by atoms with Crippen LogP contribution in [0.2, 0.25) is 0 Å².